The van der Waals surface area contributed by atoms with Crippen LogP contribution >= 0.6 is 0 Å². The van der Waals surface area contributed by atoms with Crippen molar-refractivity contribution in [2.45, 2.75) is 32.0 Å². The Kier molecular flexibility index (Phi) is 4.94. The van der Waals surface area contributed by atoms with Gasteiger partial charge in [0, 0.05) is 13.1 Å². The van der Waals surface area contributed by atoms with Crippen molar-refractivity contribution in [2.24, 2.45) is 0 Å². The van der Waals surface area contributed by atoms with Crippen LogP contribution in [0, 0.1) is 0 Å². The lowest BCUT2D eigenvalue weighted by molar-refractivity contribution is -0.170. The molecule has 1 atom stereocenters. The Bertz CT molecular complexity index is 488. The van der Waals surface area contributed by atoms with Gasteiger partial charge in [-0.1, -0.05) is 12.1 Å². The lowest BCUT2D eigenvalue weighted by Gasteiger charge is -2.30. The van der Waals surface area contributed by atoms with Crippen LogP contribution in [0.5, 0.6) is 0 Å². The molecule has 0 bridgehead atoms. The Morgan fingerprint density at radius 1 is 1.48 bits per heavy atom. The summed E-state index contributed by atoms with van der Waals surface area (Å²) in [6.07, 6.45) is -5.29. The number of morpholine rings is 1. The molecule has 0 radical (unpaired) electrons. The molecule has 1 saturated heterocycles. The van der Waals surface area contributed by atoms with Crippen molar-refractivity contribution in [3.05, 3.63) is 11.7 Å². The number of ketones is 1. The number of alkyl halides is 3. The first kappa shape index (κ1) is 15.9. The van der Waals surface area contributed by atoms with Gasteiger partial charge in [0.1, 0.15) is 6.10 Å². The van der Waals surface area contributed by atoms with Crippen molar-refractivity contribution in [3.63, 3.8) is 0 Å². The summed E-state index contributed by atoms with van der Waals surface area (Å²) < 4.78 is 46.7. The summed E-state index contributed by atoms with van der Waals surface area (Å²) in [5.41, 5.74) is 0. The van der Waals surface area contributed by atoms with Gasteiger partial charge in [-0.25, -0.2) is 0 Å². The second-order valence-corrected chi connectivity index (χ2v) is 4.80. The third-order valence-electron chi connectivity index (χ3n) is 3.09. The SMILES string of the molecule is CCCN1CCOC(c2noc(CC(=O)C(F)(F)F)n2)C1. The number of ether oxygens (including phenoxy) is 1. The molecule has 0 amide bonds. The monoisotopic (exact) mass is 307 g/mol. The average Bonchev–Trinajstić information content (AvgIpc) is 2.87. The highest BCUT2D eigenvalue weighted by molar-refractivity contribution is 5.85. The number of nitrogens with zero attached hydrogens (tertiary/aromatic N) is 3. The van der Waals surface area contributed by atoms with Crippen molar-refractivity contribution in [1.29, 1.82) is 0 Å². The lowest BCUT2D eigenvalue weighted by atomic mass is 10.2. The van der Waals surface area contributed by atoms with Gasteiger partial charge in [0.05, 0.1) is 13.0 Å². The number of Topliss-reactive ketones (excluding diaryl/α,β-unsaturated/α-hetero) is 1. The molecule has 0 spiro atoms. The van der Waals surface area contributed by atoms with Gasteiger partial charge in [-0.2, -0.15) is 18.2 Å². The van der Waals surface area contributed by atoms with Gasteiger partial charge < -0.3 is 9.26 Å². The summed E-state index contributed by atoms with van der Waals surface area (Å²) in [4.78, 5) is 16.9. The zero-order valence-electron chi connectivity index (χ0n) is 11.5. The van der Waals surface area contributed by atoms with E-state index in [9.17, 15) is 18.0 Å². The molecule has 1 aliphatic heterocycles. The molecule has 21 heavy (non-hydrogen) atoms. The van der Waals surface area contributed by atoms with E-state index in [1.54, 1.807) is 0 Å². The van der Waals surface area contributed by atoms with Crippen LogP contribution in [-0.2, 0) is 16.0 Å². The quantitative estimate of drug-likeness (QED) is 0.821. The van der Waals surface area contributed by atoms with E-state index in [0.29, 0.717) is 13.2 Å². The molecule has 1 aromatic heterocycles. The Labute approximate surface area is 119 Å². The maximum absolute atomic E-state index is 12.2. The zero-order valence-corrected chi connectivity index (χ0v) is 11.5. The zero-order chi connectivity index (χ0) is 15.5. The first-order valence-corrected chi connectivity index (χ1v) is 6.66. The number of hydrogen-bond acceptors (Lipinski definition) is 6. The number of rotatable bonds is 5. The minimum Gasteiger partial charge on any atom is -0.367 e. The van der Waals surface area contributed by atoms with Gasteiger partial charge >= 0.3 is 6.18 Å². The fraction of sp³-hybridized carbons (Fsp3) is 0.750. The van der Waals surface area contributed by atoms with Crippen LogP contribution in [0.1, 0.15) is 31.2 Å². The molecule has 1 aromatic rings. The molecular formula is C12H16F3N3O3. The topological polar surface area (TPSA) is 68.5 Å². The van der Waals surface area contributed by atoms with Crippen molar-refractivity contribution < 1.29 is 27.2 Å². The number of carbonyl (C=O) groups is 1. The van der Waals surface area contributed by atoms with E-state index in [2.05, 4.69) is 22.0 Å². The van der Waals surface area contributed by atoms with Gasteiger partial charge in [-0.3, -0.25) is 9.69 Å². The van der Waals surface area contributed by atoms with Gasteiger partial charge in [-0.15, -0.1) is 0 Å². The molecule has 1 aliphatic rings. The van der Waals surface area contributed by atoms with E-state index in [1.165, 1.54) is 0 Å². The van der Waals surface area contributed by atoms with Crippen molar-refractivity contribution in [2.75, 3.05) is 26.2 Å². The maximum atomic E-state index is 12.2. The second kappa shape index (κ2) is 6.52. The van der Waals surface area contributed by atoms with Crippen molar-refractivity contribution in [1.82, 2.24) is 15.0 Å². The van der Waals surface area contributed by atoms with E-state index in [0.717, 1.165) is 19.5 Å². The van der Waals surface area contributed by atoms with Crippen molar-refractivity contribution >= 4 is 5.78 Å². The smallest absolute Gasteiger partial charge is 0.367 e. The number of carbonyl (C=O) groups excluding carboxylic acids is 1. The minimum absolute atomic E-state index is 0.181. The fourth-order valence-electron chi connectivity index (χ4n) is 2.09. The van der Waals surface area contributed by atoms with Gasteiger partial charge in [0.25, 0.3) is 0 Å². The Morgan fingerprint density at radius 2 is 2.24 bits per heavy atom. The molecule has 118 valence electrons. The molecule has 0 aromatic carbocycles. The van der Waals surface area contributed by atoms with Crippen LogP contribution in [0.3, 0.4) is 0 Å². The summed E-state index contributed by atoms with van der Waals surface area (Å²) in [7, 11) is 0. The van der Waals surface area contributed by atoms with E-state index < -0.39 is 24.5 Å². The number of hydrogen-bond donors (Lipinski definition) is 0. The van der Waals surface area contributed by atoms with Crippen LogP contribution < -0.4 is 0 Å². The Hall–Kier alpha value is -1.48. The molecule has 0 saturated carbocycles. The van der Waals surface area contributed by atoms with Gasteiger partial charge in [0.15, 0.2) is 0 Å². The van der Waals surface area contributed by atoms with E-state index in [1.807, 2.05) is 0 Å². The molecule has 0 aliphatic carbocycles. The third kappa shape index (κ3) is 4.24. The second-order valence-electron chi connectivity index (χ2n) is 4.80. The largest absolute Gasteiger partial charge is 0.450 e. The minimum atomic E-state index is -4.89. The standard InChI is InChI=1S/C12H16F3N3O3/c1-2-3-18-4-5-20-8(7-18)11-16-10(21-17-11)6-9(19)12(13,14)15/h8H,2-7H2,1H3. The highest BCUT2D eigenvalue weighted by atomic mass is 19.4. The van der Waals surface area contributed by atoms with Gasteiger partial charge in [-0.05, 0) is 13.0 Å². The Balaban J connectivity index is 1.98. The van der Waals surface area contributed by atoms with Crippen molar-refractivity contribution in [3.8, 4) is 0 Å². The molecule has 1 fully saturated rings. The third-order valence-corrected chi connectivity index (χ3v) is 3.09. The highest BCUT2D eigenvalue weighted by Crippen LogP contribution is 2.22. The summed E-state index contributed by atoms with van der Waals surface area (Å²) in [5.74, 6) is -2.07. The summed E-state index contributed by atoms with van der Waals surface area (Å²) >= 11 is 0. The lowest BCUT2D eigenvalue weighted by Crippen LogP contribution is -2.39. The highest BCUT2D eigenvalue weighted by Gasteiger charge is 2.39. The number of aromatic nitrogens is 2. The molecule has 0 N–H and O–H groups in total. The predicted molar refractivity (Wildman–Crippen MR) is 64.5 cm³/mol. The summed E-state index contributed by atoms with van der Waals surface area (Å²) in [6.45, 7) is 4.80. The number of halogens is 3. The predicted octanol–water partition coefficient (Wildman–Crippen LogP) is 1.53. The molecule has 2 heterocycles. The fourth-order valence-corrected chi connectivity index (χ4v) is 2.09. The first-order valence-electron chi connectivity index (χ1n) is 6.66. The van der Waals surface area contributed by atoms with Crippen LogP contribution in [0.4, 0.5) is 13.2 Å². The average molecular weight is 307 g/mol. The van der Waals surface area contributed by atoms with Crippen LogP contribution in [0.15, 0.2) is 4.52 Å². The summed E-state index contributed by atoms with van der Waals surface area (Å²) in [6, 6.07) is 0. The maximum Gasteiger partial charge on any atom is 0.450 e. The van der Waals surface area contributed by atoms with Crippen LogP contribution in [-0.4, -0.2) is 53.2 Å². The van der Waals surface area contributed by atoms with Crippen LogP contribution in [0.25, 0.3) is 0 Å². The van der Waals surface area contributed by atoms with E-state index >= 15 is 0 Å². The van der Waals surface area contributed by atoms with Gasteiger partial charge in [0.2, 0.25) is 17.5 Å². The van der Waals surface area contributed by atoms with Crippen LogP contribution in [0.2, 0.25) is 0 Å². The molecule has 2 rings (SSSR count). The molecule has 9 heteroatoms. The summed E-state index contributed by atoms with van der Waals surface area (Å²) in [5, 5.41) is 3.61. The van der Waals surface area contributed by atoms with E-state index in [-0.39, 0.29) is 11.7 Å². The molecule has 6 nitrogen and oxygen atoms in total. The normalized spacial score (nSPS) is 20.7. The Morgan fingerprint density at radius 3 is 2.90 bits per heavy atom. The molecular weight excluding hydrogens is 291 g/mol. The van der Waals surface area contributed by atoms with E-state index in [4.69, 9.17) is 9.26 Å². The first-order chi connectivity index (χ1) is 9.90. The molecule has 1 unspecified atom stereocenters.